The zero-order valence-corrected chi connectivity index (χ0v) is 9.33. The van der Waals surface area contributed by atoms with Gasteiger partial charge in [-0.25, -0.2) is 0 Å². The molecular weight excluding hydrogens is 160 g/mol. The fourth-order valence-electron chi connectivity index (χ4n) is 2.73. The predicted octanol–water partition coefficient (Wildman–Crippen LogP) is 1.56. The van der Waals surface area contributed by atoms with Crippen molar-refractivity contribution in [2.24, 2.45) is 0 Å². The molecule has 0 bridgehead atoms. The standard InChI is InChI=1S/C11H22N2/c1-8(2)12-5-6-13(9(3)4)11-7-10(11)12/h8-11H,5-7H2,1-4H3/t10-,11+. The first-order valence-corrected chi connectivity index (χ1v) is 5.62. The van der Waals surface area contributed by atoms with Crippen LogP contribution >= 0.6 is 0 Å². The van der Waals surface area contributed by atoms with Crippen molar-refractivity contribution in [3.8, 4) is 0 Å². The minimum absolute atomic E-state index is 0.740. The van der Waals surface area contributed by atoms with Crippen LogP contribution in [0.4, 0.5) is 0 Å². The first-order chi connectivity index (χ1) is 6.11. The third-order valence-corrected chi connectivity index (χ3v) is 3.52. The van der Waals surface area contributed by atoms with Crippen LogP contribution in [0.3, 0.4) is 0 Å². The van der Waals surface area contributed by atoms with Crippen LogP contribution < -0.4 is 0 Å². The Morgan fingerprint density at radius 3 is 1.54 bits per heavy atom. The zero-order chi connectivity index (χ0) is 9.59. The largest absolute Gasteiger partial charge is 0.295 e. The summed E-state index contributed by atoms with van der Waals surface area (Å²) in [6.45, 7) is 11.8. The number of rotatable bonds is 2. The lowest BCUT2D eigenvalue weighted by Crippen LogP contribution is -2.50. The van der Waals surface area contributed by atoms with E-state index in [0.717, 1.165) is 24.2 Å². The smallest absolute Gasteiger partial charge is 0.0271 e. The lowest BCUT2D eigenvalue weighted by Gasteiger charge is -2.38. The van der Waals surface area contributed by atoms with Crippen LogP contribution in [0.15, 0.2) is 0 Å². The maximum absolute atomic E-state index is 2.67. The molecule has 2 atom stereocenters. The minimum Gasteiger partial charge on any atom is -0.295 e. The topological polar surface area (TPSA) is 6.48 Å². The van der Waals surface area contributed by atoms with Gasteiger partial charge < -0.3 is 0 Å². The van der Waals surface area contributed by atoms with Crippen LogP contribution in [-0.2, 0) is 0 Å². The van der Waals surface area contributed by atoms with Gasteiger partial charge in [0.15, 0.2) is 0 Å². The molecule has 1 aliphatic carbocycles. The maximum Gasteiger partial charge on any atom is 0.0271 e. The van der Waals surface area contributed by atoms with E-state index in [9.17, 15) is 0 Å². The highest BCUT2D eigenvalue weighted by Crippen LogP contribution is 2.38. The van der Waals surface area contributed by atoms with Crippen molar-refractivity contribution in [2.75, 3.05) is 13.1 Å². The highest BCUT2D eigenvalue weighted by Gasteiger charge is 2.49. The Hall–Kier alpha value is -0.0800. The third kappa shape index (κ3) is 1.62. The Kier molecular flexibility index (Phi) is 2.37. The monoisotopic (exact) mass is 182 g/mol. The molecule has 2 fully saturated rings. The summed E-state index contributed by atoms with van der Waals surface area (Å²) >= 11 is 0. The van der Waals surface area contributed by atoms with E-state index in [4.69, 9.17) is 0 Å². The summed E-state index contributed by atoms with van der Waals surface area (Å²) in [6.07, 6.45) is 1.41. The van der Waals surface area contributed by atoms with Crippen molar-refractivity contribution in [3.05, 3.63) is 0 Å². The van der Waals surface area contributed by atoms with Gasteiger partial charge >= 0.3 is 0 Å². The van der Waals surface area contributed by atoms with Gasteiger partial charge in [-0.2, -0.15) is 0 Å². The molecule has 76 valence electrons. The Labute approximate surface area is 81.9 Å². The van der Waals surface area contributed by atoms with Gasteiger partial charge in [-0.15, -0.1) is 0 Å². The van der Waals surface area contributed by atoms with Crippen LogP contribution in [0.5, 0.6) is 0 Å². The molecule has 0 radical (unpaired) electrons. The molecule has 0 aromatic heterocycles. The van der Waals surface area contributed by atoms with E-state index in [0.29, 0.717) is 0 Å². The Balaban J connectivity index is 1.95. The van der Waals surface area contributed by atoms with Gasteiger partial charge in [0.2, 0.25) is 0 Å². The molecule has 0 spiro atoms. The number of fused-ring (bicyclic) bond motifs is 1. The van der Waals surface area contributed by atoms with Crippen molar-refractivity contribution in [1.29, 1.82) is 0 Å². The first-order valence-electron chi connectivity index (χ1n) is 5.62. The average molecular weight is 182 g/mol. The summed E-state index contributed by atoms with van der Waals surface area (Å²) in [7, 11) is 0. The quantitative estimate of drug-likeness (QED) is 0.639. The summed E-state index contributed by atoms with van der Waals surface area (Å²) in [5.41, 5.74) is 0. The van der Waals surface area contributed by atoms with Gasteiger partial charge in [0.05, 0.1) is 0 Å². The van der Waals surface area contributed by atoms with Gasteiger partial charge in [-0.3, -0.25) is 9.80 Å². The molecule has 1 saturated carbocycles. The second kappa shape index (κ2) is 3.25. The van der Waals surface area contributed by atoms with Gasteiger partial charge in [0, 0.05) is 37.3 Å². The van der Waals surface area contributed by atoms with Crippen LogP contribution in [-0.4, -0.2) is 47.1 Å². The number of nitrogens with zero attached hydrogens (tertiary/aromatic N) is 2. The van der Waals surface area contributed by atoms with Gasteiger partial charge in [0.25, 0.3) is 0 Å². The van der Waals surface area contributed by atoms with Crippen molar-refractivity contribution in [1.82, 2.24) is 9.80 Å². The molecule has 2 rings (SSSR count). The van der Waals surface area contributed by atoms with E-state index in [2.05, 4.69) is 37.5 Å². The minimum atomic E-state index is 0.740. The molecular formula is C11H22N2. The second-order valence-corrected chi connectivity index (χ2v) is 5.03. The summed E-state index contributed by atoms with van der Waals surface area (Å²) in [5.74, 6) is 0. The highest BCUT2D eigenvalue weighted by molar-refractivity contribution is 5.07. The molecule has 13 heavy (non-hydrogen) atoms. The van der Waals surface area contributed by atoms with Crippen LogP contribution in [0, 0.1) is 0 Å². The van der Waals surface area contributed by atoms with Gasteiger partial charge in [-0.05, 0) is 34.1 Å². The fraction of sp³-hybridized carbons (Fsp3) is 1.00. The molecule has 1 aliphatic heterocycles. The van der Waals surface area contributed by atoms with Crippen LogP contribution in [0.25, 0.3) is 0 Å². The zero-order valence-electron chi connectivity index (χ0n) is 9.33. The van der Waals surface area contributed by atoms with E-state index in [1.165, 1.54) is 19.5 Å². The van der Waals surface area contributed by atoms with Gasteiger partial charge in [-0.1, -0.05) is 0 Å². The third-order valence-electron chi connectivity index (χ3n) is 3.52. The Morgan fingerprint density at radius 2 is 1.23 bits per heavy atom. The molecule has 0 aromatic rings. The molecule has 0 amide bonds. The van der Waals surface area contributed by atoms with E-state index >= 15 is 0 Å². The molecule has 2 aliphatic rings. The number of hydrogen-bond acceptors (Lipinski definition) is 2. The average Bonchev–Trinajstić information content (AvgIpc) is 2.79. The normalized spacial score (nSPS) is 35.5. The second-order valence-electron chi connectivity index (χ2n) is 5.03. The molecule has 0 N–H and O–H groups in total. The summed E-state index contributed by atoms with van der Waals surface area (Å²) in [6, 6.07) is 3.25. The van der Waals surface area contributed by atoms with E-state index in [1.807, 2.05) is 0 Å². The molecule has 2 nitrogen and oxygen atoms in total. The van der Waals surface area contributed by atoms with E-state index in [-0.39, 0.29) is 0 Å². The SMILES string of the molecule is CC(C)N1CCN(C(C)C)[C@H]2C[C@H]21. The molecule has 0 aromatic carbocycles. The summed E-state index contributed by atoms with van der Waals surface area (Å²) in [4.78, 5) is 5.34. The molecule has 1 saturated heterocycles. The maximum atomic E-state index is 2.67. The molecule has 0 unspecified atom stereocenters. The highest BCUT2D eigenvalue weighted by atomic mass is 15.4. The van der Waals surface area contributed by atoms with E-state index in [1.54, 1.807) is 0 Å². The van der Waals surface area contributed by atoms with Crippen LogP contribution in [0.2, 0.25) is 0 Å². The summed E-state index contributed by atoms with van der Waals surface area (Å²) < 4.78 is 0. The lowest BCUT2D eigenvalue weighted by molar-refractivity contribution is 0.0849. The summed E-state index contributed by atoms with van der Waals surface area (Å²) in [5, 5.41) is 0. The first kappa shape index (κ1) is 9.47. The Morgan fingerprint density at radius 1 is 0.846 bits per heavy atom. The molecule has 2 heteroatoms. The van der Waals surface area contributed by atoms with Crippen molar-refractivity contribution < 1.29 is 0 Å². The van der Waals surface area contributed by atoms with E-state index < -0.39 is 0 Å². The van der Waals surface area contributed by atoms with Gasteiger partial charge in [0.1, 0.15) is 0 Å². The molecule has 1 heterocycles. The van der Waals surface area contributed by atoms with Crippen molar-refractivity contribution in [3.63, 3.8) is 0 Å². The lowest BCUT2D eigenvalue weighted by atomic mass is 10.2. The number of hydrogen-bond donors (Lipinski definition) is 0. The van der Waals surface area contributed by atoms with Crippen molar-refractivity contribution in [2.45, 2.75) is 58.3 Å². The fourth-order valence-corrected chi connectivity index (χ4v) is 2.73. The predicted molar refractivity (Wildman–Crippen MR) is 55.9 cm³/mol. The number of piperazine rings is 1. The van der Waals surface area contributed by atoms with Crippen molar-refractivity contribution >= 4 is 0 Å². The van der Waals surface area contributed by atoms with Crippen LogP contribution in [0.1, 0.15) is 34.1 Å². The Bertz CT molecular complexity index is 169.